The molecule has 37 heavy (non-hydrogen) atoms. The monoisotopic (exact) mass is 523 g/mol. The minimum Gasteiger partial charge on any atom is -0.454 e. The maximum Gasteiger partial charge on any atom is 0.269 e. The van der Waals surface area contributed by atoms with E-state index in [1.54, 1.807) is 4.68 Å². The van der Waals surface area contributed by atoms with Gasteiger partial charge >= 0.3 is 0 Å². The van der Waals surface area contributed by atoms with E-state index >= 15 is 0 Å². The summed E-state index contributed by atoms with van der Waals surface area (Å²) in [6.45, 7) is 0.456. The number of halogens is 1. The minimum atomic E-state index is -0.563. The molecule has 0 bridgehead atoms. The molecule has 2 aliphatic carbocycles. The van der Waals surface area contributed by atoms with Crippen LogP contribution in [0.1, 0.15) is 53.7 Å². The van der Waals surface area contributed by atoms with Gasteiger partial charge in [0, 0.05) is 28.9 Å². The molecular formula is C27H30ClN5O4. The van der Waals surface area contributed by atoms with Crippen molar-refractivity contribution >= 4 is 29.9 Å². The number of hydrogen-bond acceptors (Lipinski definition) is 6. The van der Waals surface area contributed by atoms with Gasteiger partial charge in [0.2, 0.25) is 12.7 Å². The molecule has 194 valence electrons. The Bertz CT molecular complexity index is 1350. The van der Waals surface area contributed by atoms with E-state index in [4.69, 9.17) is 15.2 Å². The SMILES string of the molecule is Cl.NC(=O)c1nn(-c2ccc3c(c2)OCO3)c2c1CCc1ccc(NC(=O)CNC3CCCCC3)cc1-2. The van der Waals surface area contributed by atoms with E-state index in [0.29, 0.717) is 29.6 Å². The summed E-state index contributed by atoms with van der Waals surface area (Å²) in [6, 6.07) is 11.9. The van der Waals surface area contributed by atoms with E-state index in [9.17, 15) is 9.59 Å². The van der Waals surface area contributed by atoms with Gasteiger partial charge in [0.25, 0.3) is 5.91 Å². The van der Waals surface area contributed by atoms with Crippen LogP contribution in [0.15, 0.2) is 36.4 Å². The molecule has 0 saturated heterocycles. The fraction of sp³-hybridized carbons (Fsp3) is 0.370. The number of aromatic nitrogens is 2. The Hall–Kier alpha value is -3.56. The Morgan fingerprint density at radius 3 is 2.65 bits per heavy atom. The Morgan fingerprint density at radius 1 is 1.03 bits per heavy atom. The smallest absolute Gasteiger partial charge is 0.269 e. The molecule has 4 N–H and O–H groups in total. The number of ether oxygens (including phenoxy) is 2. The van der Waals surface area contributed by atoms with Gasteiger partial charge in [-0.2, -0.15) is 5.10 Å². The molecule has 9 nitrogen and oxygen atoms in total. The van der Waals surface area contributed by atoms with Crippen molar-refractivity contribution in [2.75, 3.05) is 18.7 Å². The van der Waals surface area contributed by atoms with Crippen molar-refractivity contribution in [2.24, 2.45) is 5.73 Å². The minimum absolute atomic E-state index is 0. The van der Waals surface area contributed by atoms with E-state index in [-0.39, 0.29) is 37.3 Å². The summed E-state index contributed by atoms with van der Waals surface area (Å²) in [5.74, 6) is 0.660. The normalized spacial score (nSPS) is 15.9. The largest absolute Gasteiger partial charge is 0.454 e. The molecule has 10 heteroatoms. The highest BCUT2D eigenvalue weighted by atomic mass is 35.5. The predicted octanol–water partition coefficient (Wildman–Crippen LogP) is 3.75. The second-order valence-electron chi connectivity index (χ2n) is 9.63. The van der Waals surface area contributed by atoms with Gasteiger partial charge in [0.15, 0.2) is 17.2 Å². The van der Waals surface area contributed by atoms with Crippen LogP contribution < -0.4 is 25.8 Å². The van der Waals surface area contributed by atoms with Crippen molar-refractivity contribution in [1.82, 2.24) is 15.1 Å². The number of hydrogen-bond donors (Lipinski definition) is 3. The highest BCUT2D eigenvalue weighted by Gasteiger charge is 2.29. The quantitative estimate of drug-likeness (QED) is 0.452. The number of nitrogens with one attached hydrogen (secondary N) is 2. The first-order valence-electron chi connectivity index (χ1n) is 12.5. The zero-order valence-electron chi connectivity index (χ0n) is 20.4. The number of carbonyl (C=O) groups excluding carboxylic acids is 2. The van der Waals surface area contributed by atoms with Crippen molar-refractivity contribution in [1.29, 1.82) is 0 Å². The van der Waals surface area contributed by atoms with Gasteiger partial charge in [0.05, 0.1) is 17.9 Å². The average Bonchev–Trinajstić information content (AvgIpc) is 3.52. The number of primary amides is 1. The number of carbonyl (C=O) groups is 2. The van der Waals surface area contributed by atoms with Crippen molar-refractivity contribution in [2.45, 2.75) is 51.0 Å². The summed E-state index contributed by atoms with van der Waals surface area (Å²) in [7, 11) is 0. The topological polar surface area (TPSA) is 120 Å². The van der Waals surface area contributed by atoms with Gasteiger partial charge in [-0.05, 0) is 55.5 Å². The molecule has 0 spiro atoms. The zero-order chi connectivity index (χ0) is 24.6. The third-order valence-corrected chi connectivity index (χ3v) is 7.27. The predicted molar refractivity (Wildman–Crippen MR) is 142 cm³/mol. The summed E-state index contributed by atoms with van der Waals surface area (Å²) in [5.41, 5.74) is 11.1. The standard InChI is InChI=1S/C27H29N5O4.ClH/c28-27(34)25-20-10-7-16-6-8-18(30-24(33)14-29-17-4-2-1-3-5-17)12-21(16)26(20)32(31-25)19-9-11-22-23(13-19)36-15-35-22;/h6,8-9,11-13,17,29H,1-5,7,10,14-15H2,(H2,28,34)(H,30,33);1H. The summed E-state index contributed by atoms with van der Waals surface area (Å²) in [5, 5.41) is 11.0. The maximum atomic E-state index is 12.7. The zero-order valence-corrected chi connectivity index (χ0v) is 21.2. The molecule has 2 heterocycles. The summed E-state index contributed by atoms with van der Waals surface area (Å²) < 4.78 is 12.7. The number of nitrogens with two attached hydrogens (primary N) is 1. The number of nitrogens with zero attached hydrogens (tertiary/aromatic N) is 2. The molecule has 2 amide bonds. The fourth-order valence-corrected chi connectivity index (χ4v) is 5.47. The van der Waals surface area contributed by atoms with Crippen LogP contribution in [0.4, 0.5) is 5.69 Å². The van der Waals surface area contributed by atoms with Gasteiger partial charge in [0.1, 0.15) is 0 Å². The van der Waals surface area contributed by atoms with E-state index in [1.165, 1.54) is 19.3 Å². The van der Waals surface area contributed by atoms with Crippen molar-refractivity contribution in [3.05, 3.63) is 53.2 Å². The lowest BCUT2D eigenvalue weighted by Crippen LogP contribution is -2.37. The van der Waals surface area contributed by atoms with Crippen molar-refractivity contribution < 1.29 is 19.1 Å². The van der Waals surface area contributed by atoms with Crippen LogP contribution in [0.25, 0.3) is 16.9 Å². The maximum absolute atomic E-state index is 12.7. The molecule has 1 saturated carbocycles. The first-order chi connectivity index (χ1) is 17.6. The molecule has 1 aliphatic heterocycles. The number of rotatable bonds is 6. The third-order valence-electron chi connectivity index (χ3n) is 7.27. The van der Waals surface area contributed by atoms with Gasteiger partial charge in [-0.3, -0.25) is 9.59 Å². The van der Waals surface area contributed by atoms with E-state index in [1.807, 2.05) is 36.4 Å². The number of benzene rings is 2. The van der Waals surface area contributed by atoms with E-state index < -0.39 is 5.91 Å². The lowest BCUT2D eigenvalue weighted by atomic mass is 9.88. The van der Waals surface area contributed by atoms with Crippen LogP contribution in [0.3, 0.4) is 0 Å². The molecular weight excluding hydrogens is 494 g/mol. The molecule has 3 aromatic rings. The number of fused-ring (bicyclic) bond motifs is 4. The van der Waals surface area contributed by atoms with Crippen LogP contribution in [0.2, 0.25) is 0 Å². The van der Waals surface area contributed by atoms with Crippen LogP contribution in [-0.2, 0) is 17.6 Å². The molecule has 1 fully saturated rings. The Labute approximate surface area is 221 Å². The molecule has 0 unspecified atom stereocenters. The second-order valence-corrected chi connectivity index (χ2v) is 9.63. The molecule has 6 rings (SSSR count). The second kappa shape index (κ2) is 10.4. The number of aryl methyl sites for hydroxylation is 1. The van der Waals surface area contributed by atoms with Crippen LogP contribution >= 0.6 is 12.4 Å². The summed E-state index contributed by atoms with van der Waals surface area (Å²) >= 11 is 0. The average molecular weight is 524 g/mol. The Morgan fingerprint density at radius 2 is 1.84 bits per heavy atom. The highest BCUT2D eigenvalue weighted by molar-refractivity contribution is 5.96. The van der Waals surface area contributed by atoms with Gasteiger partial charge in [-0.25, -0.2) is 4.68 Å². The lowest BCUT2D eigenvalue weighted by molar-refractivity contribution is -0.115. The van der Waals surface area contributed by atoms with Crippen molar-refractivity contribution in [3.63, 3.8) is 0 Å². The van der Waals surface area contributed by atoms with Crippen LogP contribution in [0.5, 0.6) is 11.5 Å². The Kier molecular flexibility index (Phi) is 7.08. The third kappa shape index (κ3) is 4.89. The summed E-state index contributed by atoms with van der Waals surface area (Å²) in [6.07, 6.45) is 7.38. The fourth-order valence-electron chi connectivity index (χ4n) is 5.47. The van der Waals surface area contributed by atoms with Gasteiger partial charge < -0.3 is 25.8 Å². The summed E-state index contributed by atoms with van der Waals surface area (Å²) in [4.78, 5) is 25.0. The molecule has 2 aromatic carbocycles. The molecule has 3 aliphatic rings. The molecule has 0 atom stereocenters. The molecule has 0 radical (unpaired) electrons. The van der Waals surface area contributed by atoms with Gasteiger partial charge in [-0.1, -0.05) is 25.3 Å². The van der Waals surface area contributed by atoms with Gasteiger partial charge in [-0.15, -0.1) is 12.4 Å². The molecule has 1 aromatic heterocycles. The Balaban J connectivity index is 0.00000280. The van der Waals surface area contributed by atoms with E-state index in [0.717, 1.165) is 47.3 Å². The first kappa shape index (κ1) is 25.1. The highest BCUT2D eigenvalue weighted by Crippen LogP contribution is 2.40. The van der Waals surface area contributed by atoms with E-state index in [2.05, 4.69) is 15.7 Å². The number of amides is 2. The number of anilines is 1. The lowest BCUT2D eigenvalue weighted by Gasteiger charge is -2.23. The van der Waals surface area contributed by atoms with Crippen LogP contribution in [0, 0.1) is 0 Å². The van der Waals surface area contributed by atoms with Crippen LogP contribution in [-0.4, -0.2) is 41.0 Å². The van der Waals surface area contributed by atoms with Crippen molar-refractivity contribution in [3.8, 4) is 28.4 Å². The first-order valence-corrected chi connectivity index (χ1v) is 12.5.